The van der Waals surface area contributed by atoms with Gasteiger partial charge in [0.15, 0.2) is 5.82 Å². The second kappa shape index (κ2) is 3.26. The highest BCUT2D eigenvalue weighted by Gasteiger charge is 2.23. The molecule has 1 fully saturated rings. The van der Waals surface area contributed by atoms with Gasteiger partial charge in [-0.1, -0.05) is 0 Å². The van der Waals surface area contributed by atoms with Gasteiger partial charge in [0.25, 0.3) is 0 Å². The highest BCUT2D eigenvalue weighted by Crippen LogP contribution is 2.26. The molecule has 1 aromatic heterocycles. The van der Waals surface area contributed by atoms with Gasteiger partial charge in [-0.2, -0.15) is 10.4 Å². The van der Waals surface area contributed by atoms with Crippen LogP contribution in [-0.2, 0) is 0 Å². The predicted octanol–water partition coefficient (Wildman–Crippen LogP) is 1.54. The summed E-state index contributed by atoms with van der Waals surface area (Å²) in [7, 11) is 0. The molecule has 2 rings (SSSR count). The van der Waals surface area contributed by atoms with Gasteiger partial charge >= 0.3 is 0 Å². The van der Waals surface area contributed by atoms with Gasteiger partial charge in [-0.05, 0) is 32.3 Å². The SMILES string of the molecule is Cc1nnc(NC2CC2)c(C#N)c1C. The molecule has 1 N–H and O–H groups in total. The molecule has 0 bridgehead atoms. The Kier molecular flexibility index (Phi) is 2.08. The molecule has 0 spiro atoms. The maximum atomic E-state index is 9.00. The Balaban J connectivity index is 2.38. The molecule has 1 heterocycles. The molecule has 0 saturated heterocycles. The van der Waals surface area contributed by atoms with E-state index in [1.807, 2.05) is 13.8 Å². The minimum atomic E-state index is 0.499. The number of rotatable bonds is 2. The zero-order valence-corrected chi connectivity index (χ0v) is 8.33. The topological polar surface area (TPSA) is 61.6 Å². The lowest BCUT2D eigenvalue weighted by molar-refractivity contribution is 0.940. The average Bonchev–Trinajstić information content (AvgIpc) is 2.96. The maximum Gasteiger partial charge on any atom is 0.167 e. The summed E-state index contributed by atoms with van der Waals surface area (Å²) in [4.78, 5) is 0. The van der Waals surface area contributed by atoms with Crippen molar-refractivity contribution in [1.29, 1.82) is 5.26 Å². The standard InChI is InChI=1S/C10H12N4/c1-6-7(2)13-14-10(9(6)5-11)12-8-3-4-8/h8H,3-4H2,1-2H3,(H,12,14). The van der Waals surface area contributed by atoms with Crippen LogP contribution in [0.1, 0.15) is 29.7 Å². The monoisotopic (exact) mass is 188 g/mol. The number of nitriles is 1. The average molecular weight is 188 g/mol. The van der Waals surface area contributed by atoms with Crippen molar-refractivity contribution in [2.24, 2.45) is 0 Å². The first-order valence-corrected chi connectivity index (χ1v) is 4.73. The third-order valence-electron chi connectivity index (χ3n) is 2.48. The van der Waals surface area contributed by atoms with E-state index in [9.17, 15) is 0 Å². The van der Waals surface area contributed by atoms with Gasteiger partial charge in [0.1, 0.15) is 11.6 Å². The molecule has 14 heavy (non-hydrogen) atoms. The third-order valence-corrected chi connectivity index (χ3v) is 2.48. The Labute approximate surface area is 83.0 Å². The van der Waals surface area contributed by atoms with Crippen LogP contribution in [0.5, 0.6) is 0 Å². The zero-order valence-electron chi connectivity index (χ0n) is 8.33. The summed E-state index contributed by atoms with van der Waals surface area (Å²) in [5.74, 6) is 0.637. The molecule has 1 aromatic rings. The van der Waals surface area contributed by atoms with Crippen molar-refractivity contribution in [3.8, 4) is 6.07 Å². The van der Waals surface area contributed by atoms with Crippen LogP contribution in [0.25, 0.3) is 0 Å². The van der Waals surface area contributed by atoms with E-state index in [1.54, 1.807) is 0 Å². The van der Waals surface area contributed by atoms with Gasteiger partial charge in [-0.25, -0.2) is 0 Å². The molecular weight excluding hydrogens is 176 g/mol. The van der Waals surface area contributed by atoms with E-state index in [0.717, 1.165) is 11.3 Å². The lowest BCUT2D eigenvalue weighted by Crippen LogP contribution is -2.08. The minimum absolute atomic E-state index is 0.499. The Bertz CT molecular complexity index is 401. The third kappa shape index (κ3) is 1.53. The number of hydrogen-bond acceptors (Lipinski definition) is 4. The summed E-state index contributed by atoms with van der Waals surface area (Å²) in [6.45, 7) is 3.77. The van der Waals surface area contributed by atoms with Crippen molar-refractivity contribution >= 4 is 5.82 Å². The van der Waals surface area contributed by atoms with Crippen LogP contribution < -0.4 is 5.32 Å². The van der Waals surface area contributed by atoms with Crippen molar-refractivity contribution in [3.05, 3.63) is 16.8 Å². The molecule has 1 saturated carbocycles. The van der Waals surface area contributed by atoms with E-state index >= 15 is 0 Å². The Morgan fingerprint density at radius 2 is 2.07 bits per heavy atom. The van der Waals surface area contributed by atoms with Crippen LogP contribution >= 0.6 is 0 Å². The summed E-state index contributed by atoms with van der Waals surface area (Å²) in [5, 5.41) is 20.2. The Morgan fingerprint density at radius 1 is 1.36 bits per heavy atom. The first-order chi connectivity index (χ1) is 6.72. The lowest BCUT2D eigenvalue weighted by Gasteiger charge is -2.07. The molecule has 1 aliphatic carbocycles. The molecule has 72 valence electrons. The van der Waals surface area contributed by atoms with Crippen molar-refractivity contribution in [2.75, 3.05) is 5.32 Å². The van der Waals surface area contributed by atoms with E-state index in [2.05, 4.69) is 21.6 Å². The van der Waals surface area contributed by atoms with E-state index in [-0.39, 0.29) is 0 Å². The van der Waals surface area contributed by atoms with Crippen LogP contribution in [0.2, 0.25) is 0 Å². The number of anilines is 1. The summed E-state index contributed by atoms with van der Waals surface area (Å²) in [6, 6.07) is 2.67. The maximum absolute atomic E-state index is 9.00. The van der Waals surface area contributed by atoms with E-state index in [1.165, 1.54) is 12.8 Å². The van der Waals surface area contributed by atoms with Crippen LogP contribution in [0.3, 0.4) is 0 Å². The fourth-order valence-corrected chi connectivity index (χ4v) is 1.27. The summed E-state index contributed by atoms with van der Waals surface area (Å²) in [5.41, 5.74) is 2.37. The van der Waals surface area contributed by atoms with Crippen LogP contribution in [0.15, 0.2) is 0 Å². The number of aryl methyl sites for hydroxylation is 1. The fraction of sp³-hybridized carbons (Fsp3) is 0.500. The van der Waals surface area contributed by atoms with Crippen molar-refractivity contribution in [1.82, 2.24) is 10.2 Å². The molecule has 0 unspecified atom stereocenters. The fourth-order valence-electron chi connectivity index (χ4n) is 1.27. The van der Waals surface area contributed by atoms with Gasteiger partial charge in [-0.3, -0.25) is 0 Å². The number of aromatic nitrogens is 2. The molecule has 0 aromatic carbocycles. The molecule has 0 radical (unpaired) electrons. The van der Waals surface area contributed by atoms with Crippen molar-refractivity contribution in [2.45, 2.75) is 32.7 Å². The minimum Gasteiger partial charge on any atom is -0.365 e. The van der Waals surface area contributed by atoms with Crippen molar-refractivity contribution < 1.29 is 0 Å². The largest absolute Gasteiger partial charge is 0.365 e. The molecule has 4 heteroatoms. The molecular formula is C10H12N4. The smallest absolute Gasteiger partial charge is 0.167 e. The van der Waals surface area contributed by atoms with E-state index < -0.39 is 0 Å². The second-order valence-corrected chi connectivity index (χ2v) is 3.66. The quantitative estimate of drug-likeness (QED) is 0.764. The van der Waals surface area contributed by atoms with Gasteiger partial charge in [0.05, 0.1) is 5.69 Å². The molecule has 0 atom stereocenters. The molecule has 4 nitrogen and oxygen atoms in total. The van der Waals surface area contributed by atoms with Crippen molar-refractivity contribution in [3.63, 3.8) is 0 Å². The van der Waals surface area contributed by atoms with E-state index in [0.29, 0.717) is 17.4 Å². The van der Waals surface area contributed by atoms with Gasteiger partial charge < -0.3 is 5.32 Å². The highest BCUT2D eigenvalue weighted by molar-refractivity contribution is 5.56. The number of nitrogens with zero attached hydrogens (tertiary/aromatic N) is 3. The van der Waals surface area contributed by atoms with Gasteiger partial charge in [0, 0.05) is 6.04 Å². The Hall–Kier alpha value is -1.63. The second-order valence-electron chi connectivity index (χ2n) is 3.66. The van der Waals surface area contributed by atoms with E-state index in [4.69, 9.17) is 5.26 Å². The number of hydrogen-bond donors (Lipinski definition) is 1. The molecule has 0 aliphatic heterocycles. The van der Waals surface area contributed by atoms with Crippen LogP contribution in [0.4, 0.5) is 5.82 Å². The summed E-state index contributed by atoms with van der Waals surface area (Å²) < 4.78 is 0. The molecule has 1 aliphatic rings. The van der Waals surface area contributed by atoms with Gasteiger partial charge in [0.2, 0.25) is 0 Å². The highest BCUT2D eigenvalue weighted by atomic mass is 15.2. The normalized spacial score (nSPS) is 14.9. The van der Waals surface area contributed by atoms with Crippen LogP contribution in [0, 0.1) is 25.2 Å². The van der Waals surface area contributed by atoms with Gasteiger partial charge in [-0.15, -0.1) is 5.10 Å². The molecule has 0 amide bonds. The Morgan fingerprint density at radius 3 is 2.64 bits per heavy atom. The number of nitrogens with one attached hydrogen (secondary N) is 1. The first kappa shape index (κ1) is 8.95. The summed E-state index contributed by atoms with van der Waals surface area (Å²) >= 11 is 0. The lowest BCUT2D eigenvalue weighted by atomic mass is 10.1. The first-order valence-electron chi connectivity index (χ1n) is 4.73. The zero-order chi connectivity index (χ0) is 10.1. The summed E-state index contributed by atoms with van der Waals surface area (Å²) in [6.07, 6.45) is 2.33. The van der Waals surface area contributed by atoms with Crippen LogP contribution in [-0.4, -0.2) is 16.2 Å². The predicted molar refractivity (Wildman–Crippen MR) is 52.9 cm³/mol.